The Morgan fingerprint density at radius 3 is 2.20 bits per heavy atom. The van der Waals surface area contributed by atoms with Gasteiger partial charge in [0.1, 0.15) is 16.4 Å². The van der Waals surface area contributed by atoms with Gasteiger partial charge in [-0.05, 0) is 61.3 Å². The van der Waals surface area contributed by atoms with Crippen molar-refractivity contribution in [2.45, 2.75) is 103 Å². The molecule has 3 atom stereocenters. The molecule has 0 radical (unpaired) electrons. The van der Waals surface area contributed by atoms with Gasteiger partial charge in [-0.1, -0.05) is 24.4 Å². The molecule has 1 aliphatic heterocycles. The Morgan fingerprint density at radius 2 is 1.63 bits per heavy atom. The third-order valence-electron chi connectivity index (χ3n) is 5.75. The minimum Gasteiger partial charge on any atom is -0.444 e. The first kappa shape index (κ1) is 27.0. The molecule has 9 nitrogen and oxygen atoms in total. The Hall–Kier alpha value is -2.62. The highest BCUT2D eigenvalue weighted by atomic mass is 35.5. The second kappa shape index (κ2) is 9.79. The molecule has 0 aromatic carbocycles. The van der Waals surface area contributed by atoms with Crippen molar-refractivity contribution in [3.05, 3.63) is 22.1 Å². The molecule has 1 aromatic heterocycles. The Bertz CT molecular complexity index is 1020. The lowest BCUT2D eigenvalue weighted by Gasteiger charge is -2.34. The van der Waals surface area contributed by atoms with Gasteiger partial charge in [0.25, 0.3) is 5.91 Å². The number of ether oxygens (including phenoxy) is 2. The van der Waals surface area contributed by atoms with Gasteiger partial charge in [0.2, 0.25) is 0 Å². The maximum absolute atomic E-state index is 15.7. The van der Waals surface area contributed by atoms with E-state index >= 15 is 4.39 Å². The molecular formula is C24H34ClFN4O5. The molecule has 35 heavy (non-hydrogen) atoms. The van der Waals surface area contributed by atoms with Gasteiger partial charge in [-0.2, -0.15) is 0 Å². The number of hydrogen-bond acceptors (Lipinski definition) is 7. The third-order valence-corrected chi connectivity index (χ3v) is 6.02. The molecular weight excluding hydrogens is 479 g/mol. The Morgan fingerprint density at radius 1 is 1.06 bits per heavy atom. The molecule has 0 spiro atoms. The maximum atomic E-state index is 15.7. The van der Waals surface area contributed by atoms with E-state index in [-0.39, 0.29) is 34.2 Å². The Kier molecular flexibility index (Phi) is 7.55. The highest BCUT2D eigenvalue weighted by molar-refractivity contribution is 6.33. The van der Waals surface area contributed by atoms with Crippen molar-refractivity contribution in [3.8, 4) is 0 Å². The fourth-order valence-corrected chi connectivity index (χ4v) is 4.60. The summed E-state index contributed by atoms with van der Waals surface area (Å²) in [5, 5.41) is 5.72. The van der Waals surface area contributed by atoms with Gasteiger partial charge in [-0.3, -0.25) is 4.79 Å². The SMILES string of the molecule is CC1c2c(F)c(N[C@@H]3CCCC[C@@H]3NC(=O)OC(C)(C)C)nc(Cl)c2C(=O)N1C(=O)OC(C)(C)C. The van der Waals surface area contributed by atoms with Gasteiger partial charge < -0.3 is 20.1 Å². The number of hydrogen-bond donors (Lipinski definition) is 2. The summed E-state index contributed by atoms with van der Waals surface area (Å²) in [5.41, 5.74) is -1.65. The number of carbonyl (C=O) groups is 3. The van der Waals surface area contributed by atoms with Gasteiger partial charge in [0.05, 0.1) is 17.6 Å². The number of fused-ring (bicyclic) bond motifs is 1. The zero-order valence-electron chi connectivity index (χ0n) is 21.3. The van der Waals surface area contributed by atoms with Crippen LogP contribution in [0, 0.1) is 5.82 Å². The molecule has 11 heteroatoms. The first-order valence-electron chi connectivity index (χ1n) is 11.8. The number of rotatable bonds is 3. The van der Waals surface area contributed by atoms with Crippen LogP contribution in [0.4, 0.5) is 19.8 Å². The van der Waals surface area contributed by atoms with E-state index in [4.69, 9.17) is 21.1 Å². The summed E-state index contributed by atoms with van der Waals surface area (Å²) in [4.78, 5) is 42.9. The molecule has 1 aromatic rings. The van der Waals surface area contributed by atoms with E-state index in [0.717, 1.165) is 17.7 Å². The molecule has 1 saturated carbocycles. The van der Waals surface area contributed by atoms with Gasteiger partial charge in [0.15, 0.2) is 11.6 Å². The molecule has 2 heterocycles. The van der Waals surface area contributed by atoms with Gasteiger partial charge >= 0.3 is 12.2 Å². The molecule has 0 bridgehead atoms. The lowest BCUT2D eigenvalue weighted by Crippen LogP contribution is -2.50. The van der Waals surface area contributed by atoms with Crippen LogP contribution in [0.1, 0.15) is 96.1 Å². The number of pyridine rings is 1. The third kappa shape index (κ3) is 6.15. The number of halogens is 2. The Labute approximate surface area is 210 Å². The summed E-state index contributed by atoms with van der Waals surface area (Å²) in [6.07, 6.45) is 1.68. The van der Waals surface area contributed by atoms with Crippen molar-refractivity contribution in [3.63, 3.8) is 0 Å². The zero-order chi connectivity index (χ0) is 26.3. The number of nitrogens with zero attached hydrogens (tertiary/aromatic N) is 2. The number of alkyl carbamates (subject to hydrolysis) is 1. The number of nitrogens with one attached hydrogen (secondary N) is 2. The van der Waals surface area contributed by atoms with Crippen LogP contribution in [0.3, 0.4) is 0 Å². The summed E-state index contributed by atoms with van der Waals surface area (Å²) < 4.78 is 26.4. The Balaban J connectivity index is 1.85. The van der Waals surface area contributed by atoms with E-state index in [0.29, 0.717) is 12.8 Å². The zero-order valence-corrected chi connectivity index (χ0v) is 22.0. The summed E-state index contributed by atoms with van der Waals surface area (Å²) in [6, 6.07) is -1.58. The van der Waals surface area contributed by atoms with Crippen LogP contribution in [0.2, 0.25) is 5.15 Å². The van der Waals surface area contributed by atoms with Crippen LogP contribution in [0.15, 0.2) is 0 Å². The molecule has 2 aliphatic rings. The van der Waals surface area contributed by atoms with Crippen molar-refractivity contribution in [2.24, 2.45) is 0 Å². The monoisotopic (exact) mass is 512 g/mol. The quantitative estimate of drug-likeness (QED) is 0.509. The van der Waals surface area contributed by atoms with Crippen LogP contribution >= 0.6 is 11.6 Å². The van der Waals surface area contributed by atoms with Crippen LogP contribution in [0.25, 0.3) is 0 Å². The standard InChI is InChI=1S/C24H34ClFN4O5/c1-12-15-16(20(31)30(12)22(33)35-24(5,6)7)18(25)29-19(17(15)26)27-13-10-8-9-11-14(13)28-21(32)34-23(2,3)4/h12-14H,8-11H2,1-7H3,(H,27,29)(H,28,32)/t12?,13-,14+/m1/s1. The van der Waals surface area contributed by atoms with Crippen molar-refractivity contribution in [1.82, 2.24) is 15.2 Å². The lowest BCUT2D eigenvalue weighted by atomic mass is 9.90. The summed E-state index contributed by atoms with van der Waals surface area (Å²) in [5.74, 6) is -1.66. The average Bonchev–Trinajstić information content (AvgIpc) is 2.95. The van der Waals surface area contributed by atoms with Crippen LogP contribution in [0.5, 0.6) is 0 Å². The van der Waals surface area contributed by atoms with Crippen LogP contribution in [-0.4, -0.2) is 51.3 Å². The normalized spacial score (nSPS) is 22.5. The number of amides is 3. The second-order valence-corrected chi connectivity index (χ2v) is 11.3. The highest BCUT2D eigenvalue weighted by Crippen LogP contribution is 2.41. The molecule has 1 fully saturated rings. The number of aromatic nitrogens is 1. The predicted octanol–water partition coefficient (Wildman–Crippen LogP) is 5.57. The predicted molar refractivity (Wildman–Crippen MR) is 129 cm³/mol. The van der Waals surface area contributed by atoms with Crippen molar-refractivity contribution >= 4 is 35.5 Å². The van der Waals surface area contributed by atoms with Crippen molar-refractivity contribution in [1.29, 1.82) is 0 Å². The highest BCUT2D eigenvalue weighted by Gasteiger charge is 2.45. The minimum absolute atomic E-state index is 0.0178. The summed E-state index contributed by atoms with van der Waals surface area (Å²) >= 11 is 6.31. The average molecular weight is 513 g/mol. The first-order valence-corrected chi connectivity index (χ1v) is 12.2. The molecule has 1 unspecified atom stereocenters. The fourth-order valence-electron chi connectivity index (χ4n) is 4.33. The van der Waals surface area contributed by atoms with Crippen LogP contribution < -0.4 is 10.6 Å². The molecule has 3 amide bonds. The minimum atomic E-state index is -0.935. The van der Waals surface area contributed by atoms with Gasteiger partial charge in [0, 0.05) is 11.6 Å². The second-order valence-electron chi connectivity index (χ2n) is 11.0. The van der Waals surface area contributed by atoms with E-state index in [1.165, 1.54) is 6.92 Å². The molecule has 194 valence electrons. The smallest absolute Gasteiger partial charge is 0.417 e. The molecule has 3 rings (SSSR count). The van der Waals surface area contributed by atoms with E-state index in [2.05, 4.69) is 15.6 Å². The first-order chi connectivity index (χ1) is 16.1. The van der Waals surface area contributed by atoms with E-state index in [1.54, 1.807) is 41.5 Å². The molecule has 1 aliphatic carbocycles. The number of imide groups is 1. The molecule has 2 N–H and O–H groups in total. The number of anilines is 1. The van der Waals surface area contributed by atoms with Crippen molar-refractivity contribution < 1.29 is 28.2 Å². The van der Waals surface area contributed by atoms with Crippen LogP contribution in [-0.2, 0) is 9.47 Å². The van der Waals surface area contributed by atoms with E-state index in [1.807, 2.05) is 0 Å². The van der Waals surface area contributed by atoms with Crippen molar-refractivity contribution in [2.75, 3.05) is 5.32 Å². The van der Waals surface area contributed by atoms with E-state index < -0.39 is 41.2 Å². The van der Waals surface area contributed by atoms with Gasteiger partial charge in [-0.25, -0.2) is 23.9 Å². The summed E-state index contributed by atoms with van der Waals surface area (Å²) in [6.45, 7) is 11.9. The topological polar surface area (TPSA) is 110 Å². The lowest BCUT2D eigenvalue weighted by molar-refractivity contribution is 0.0201. The number of carbonyl (C=O) groups excluding carboxylic acids is 3. The largest absolute Gasteiger partial charge is 0.444 e. The maximum Gasteiger partial charge on any atom is 0.417 e. The fraction of sp³-hybridized carbons (Fsp3) is 0.667. The van der Waals surface area contributed by atoms with E-state index in [9.17, 15) is 14.4 Å². The summed E-state index contributed by atoms with van der Waals surface area (Å²) in [7, 11) is 0. The molecule has 0 saturated heterocycles. The van der Waals surface area contributed by atoms with Gasteiger partial charge in [-0.15, -0.1) is 0 Å².